The van der Waals surface area contributed by atoms with Gasteiger partial charge in [0.05, 0.1) is 13.2 Å². The summed E-state index contributed by atoms with van der Waals surface area (Å²) >= 11 is 0. The maximum atomic E-state index is 11.1. The Hall–Kier alpha value is -1.13. The summed E-state index contributed by atoms with van der Waals surface area (Å²) in [5, 5.41) is 3.06. The van der Waals surface area contributed by atoms with E-state index in [0.717, 1.165) is 12.8 Å². The smallest absolute Gasteiger partial charge is 0.319 e. The predicted octanol–water partition coefficient (Wildman–Crippen LogP) is 0.744. The van der Waals surface area contributed by atoms with Crippen molar-refractivity contribution in [3.8, 4) is 0 Å². The van der Waals surface area contributed by atoms with E-state index in [1.54, 1.807) is 6.92 Å². The van der Waals surface area contributed by atoms with Crippen LogP contribution in [0.1, 0.15) is 19.8 Å². The molecule has 1 rings (SSSR count). The Morgan fingerprint density at radius 3 is 2.75 bits per heavy atom. The van der Waals surface area contributed by atoms with Gasteiger partial charge in [0.25, 0.3) is 0 Å². The first-order valence-corrected chi connectivity index (χ1v) is 5.72. The van der Waals surface area contributed by atoms with Gasteiger partial charge in [-0.15, -0.1) is 0 Å². The lowest BCUT2D eigenvalue weighted by atomic mass is 9.98. The number of carbonyl (C=O) groups excluding carboxylic acids is 1. The zero-order valence-electron chi connectivity index (χ0n) is 9.79. The molecule has 0 heterocycles. The fraction of sp³-hybridized carbons (Fsp3) is 0.583. The highest BCUT2D eigenvalue weighted by Gasteiger charge is 2.08. The monoisotopic (exact) mass is 224 g/mol. The Morgan fingerprint density at radius 2 is 2.12 bits per heavy atom. The van der Waals surface area contributed by atoms with Crippen LogP contribution in [0.15, 0.2) is 23.3 Å². The van der Waals surface area contributed by atoms with Crippen molar-refractivity contribution in [2.45, 2.75) is 19.8 Å². The average molecular weight is 224 g/mol. The second kappa shape index (κ2) is 7.19. The zero-order chi connectivity index (χ0) is 11.8. The van der Waals surface area contributed by atoms with Gasteiger partial charge in [-0.25, -0.2) is 0 Å². The molecule has 0 aliphatic heterocycles. The number of rotatable bonds is 6. The van der Waals surface area contributed by atoms with Crippen molar-refractivity contribution in [3.63, 3.8) is 0 Å². The maximum Gasteiger partial charge on any atom is 0.319 e. The Bertz CT molecular complexity index is 295. The standard InChI is InChI=1S/C12H20N2O2/c1-2-16-12(15)9-14-8-11-6-4-3-5-10(11)7-13/h5-6,14H,2-4,7-9,13H2,1H3. The van der Waals surface area contributed by atoms with Gasteiger partial charge in [0.2, 0.25) is 0 Å². The van der Waals surface area contributed by atoms with Crippen LogP contribution in [-0.4, -0.2) is 32.2 Å². The van der Waals surface area contributed by atoms with Gasteiger partial charge in [-0.3, -0.25) is 4.79 Å². The molecule has 0 saturated heterocycles. The first-order chi connectivity index (χ1) is 7.77. The Balaban J connectivity index is 2.29. The van der Waals surface area contributed by atoms with Crippen LogP contribution >= 0.6 is 0 Å². The van der Waals surface area contributed by atoms with Crippen molar-refractivity contribution in [2.24, 2.45) is 5.73 Å². The molecule has 90 valence electrons. The van der Waals surface area contributed by atoms with Gasteiger partial charge in [-0.1, -0.05) is 12.2 Å². The van der Waals surface area contributed by atoms with Crippen molar-refractivity contribution in [1.29, 1.82) is 0 Å². The molecule has 3 N–H and O–H groups in total. The van der Waals surface area contributed by atoms with Gasteiger partial charge >= 0.3 is 5.97 Å². The van der Waals surface area contributed by atoms with Gasteiger partial charge in [0.15, 0.2) is 0 Å². The quantitative estimate of drug-likeness (QED) is 0.653. The van der Waals surface area contributed by atoms with Crippen LogP contribution in [0.3, 0.4) is 0 Å². The van der Waals surface area contributed by atoms with Crippen LogP contribution in [-0.2, 0) is 9.53 Å². The minimum Gasteiger partial charge on any atom is -0.465 e. The van der Waals surface area contributed by atoms with Crippen molar-refractivity contribution in [2.75, 3.05) is 26.2 Å². The molecule has 0 aromatic heterocycles. The lowest BCUT2D eigenvalue weighted by Gasteiger charge is -2.15. The minimum atomic E-state index is -0.211. The van der Waals surface area contributed by atoms with E-state index in [4.69, 9.17) is 10.5 Å². The molecule has 0 aromatic rings. The average Bonchev–Trinajstić information content (AvgIpc) is 2.30. The molecular weight excluding hydrogens is 204 g/mol. The predicted molar refractivity (Wildman–Crippen MR) is 64.0 cm³/mol. The largest absolute Gasteiger partial charge is 0.465 e. The second-order valence-electron chi connectivity index (χ2n) is 3.65. The van der Waals surface area contributed by atoms with E-state index in [0.29, 0.717) is 19.7 Å². The molecule has 0 spiro atoms. The van der Waals surface area contributed by atoms with E-state index < -0.39 is 0 Å². The van der Waals surface area contributed by atoms with Crippen molar-refractivity contribution in [3.05, 3.63) is 23.3 Å². The molecule has 16 heavy (non-hydrogen) atoms. The summed E-state index contributed by atoms with van der Waals surface area (Å²) in [6, 6.07) is 0. The van der Waals surface area contributed by atoms with Gasteiger partial charge in [0, 0.05) is 13.1 Å². The van der Waals surface area contributed by atoms with Crippen LogP contribution in [0.5, 0.6) is 0 Å². The minimum absolute atomic E-state index is 0.211. The molecule has 0 aromatic carbocycles. The number of nitrogens with two attached hydrogens (primary N) is 1. The molecule has 0 amide bonds. The number of allylic oxidation sites excluding steroid dienone is 2. The molecule has 0 bridgehead atoms. The SMILES string of the molecule is CCOC(=O)CNCC1=CCCC=C1CN. The molecule has 1 aliphatic carbocycles. The molecule has 1 aliphatic rings. The maximum absolute atomic E-state index is 11.1. The Kier molecular flexibility index (Phi) is 5.82. The normalized spacial score (nSPS) is 15.4. The first-order valence-electron chi connectivity index (χ1n) is 5.72. The van der Waals surface area contributed by atoms with Crippen molar-refractivity contribution < 1.29 is 9.53 Å². The van der Waals surface area contributed by atoms with Crippen LogP contribution in [0.4, 0.5) is 0 Å². The van der Waals surface area contributed by atoms with Gasteiger partial charge in [-0.05, 0) is 30.9 Å². The van der Waals surface area contributed by atoms with E-state index in [9.17, 15) is 4.79 Å². The summed E-state index contributed by atoms with van der Waals surface area (Å²) in [6.45, 7) is 3.73. The Labute approximate surface area is 96.5 Å². The number of hydrogen-bond donors (Lipinski definition) is 2. The number of carbonyl (C=O) groups is 1. The van der Waals surface area contributed by atoms with E-state index in [-0.39, 0.29) is 12.5 Å². The van der Waals surface area contributed by atoms with E-state index in [1.165, 1.54) is 11.1 Å². The first kappa shape index (κ1) is 12.9. The third kappa shape index (κ3) is 4.16. The number of esters is 1. The highest BCUT2D eigenvalue weighted by molar-refractivity contribution is 5.71. The van der Waals surface area contributed by atoms with Crippen LogP contribution in [0.25, 0.3) is 0 Å². The summed E-state index contributed by atoms with van der Waals surface area (Å²) in [5.74, 6) is -0.211. The van der Waals surface area contributed by atoms with Crippen LogP contribution in [0.2, 0.25) is 0 Å². The van der Waals surface area contributed by atoms with Crippen LogP contribution in [0, 0.1) is 0 Å². The van der Waals surface area contributed by atoms with Crippen LogP contribution < -0.4 is 11.1 Å². The zero-order valence-corrected chi connectivity index (χ0v) is 9.79. The molecular formula is C12H20N2O2. The summed E-state index contributed by atoms with van der Waals surface area (Å²) in [4.78, 5) is 11.1. The van der Waals surface area contributed by atoms with Gasteiger partial charge in [0.1, 0.15) is 0 Å². The molecule has 0 atom stereocenters. The summed E-state index contributed by atoms with van der Waals surface area (Å²) in [6.07, 6.45) is 6.47. The lowest BCUT2D eigenvalue weighted by molar-refractivity contribution is -0.141. The van der Waals surface area contributed by atoms with E-state index in [2.05, 4.69) is 17.5 Å². The third-order valence-corrected chi connectivity index (χ3v) is 2.47. The third-order valence-electron chi connectivity index (χ3n) is 2.47. The van der Waals surface area contributed by atoms with Gasteiger partial charge in [-0.2, -0.15) is 0 Å². The van der Waals surface area contributed by atoms with E-state index >= 15 is 0 Å². The molecule has 4 nitrogen and oxygen atoms in total. The van der Waals surface area contributed by atoms with Crippen molar-refractivity contribution >= 4 is 5.97 Å². The highest BCUT2D eigenvalue weighted by atomic mass is 16.5. The van der Waals surface area contributed by atoms with Crippen molar-refractivity contribution in [1.82, 2.24) is 5.32 Å². The summed E-state index contributed by atoms with van der Waals surface area (Å²) < 4.78 is 4.82. The fourth-order valence-corrected chi connectivity index (χ4v) is 1.69. The van der Waals surface area contributed by atoms with Gasteiger partial charge < -0.3 is 15.8 Å². The fourth-order valence-electron chi connectivity index (χ4n) is 1.69. The lowest BCUT2D eigenvalue weighted by Crippen LogP contribution is -2.28. The molecule has 0 saturated carbocycles. The number of hydrogen-bond acceptors (Lipinski definition) is 4. The highest BCUT2D eigenvalue weighted by Crippen LogP contribution is 2.16. The van der Waals surface area contributed by atoms with E-state index in [1.807, 2.05) is 0 Å². The molecule has 0 radical (unpaired) electrons. The molecule has 4 heteroatoms. The Morgan fingerprint density at radius 1 is 1.44 bits per heavy atom. The number of nitrogens with one attached hydrogen (secondary N) is 1. The molecule has 0 fully saturated rings. The topological polar surface area (TPSA) is 64.3 Å². The molecule has 0 unspecified atom stereocenters. The number of ether oxygens (including phenoxy) is 1. The second-order valence-corrected chi connectivity index (χ2v) is 3.65. The summed E-state index contributed by atoms with van der Waals surface area (Å²) in [7, 11) is 0. The summed E-state index contributed by atoms with van der Waals surface area (Å²) in [5.41, 5.74) is 8.03.